The maximum absolute atomic E-state index is 11.7. The minimum atomic E-state index is -0.356. The van der Waals surface area contributed by atoms with Crippen molar-refractivity contribution in [3.8, 4) is 22.8 Å². The standard InChI is InChI=1S/C22H18N2O3/c1-26-18-13-11-17(12-14-18)24-20-6-4-3-5-19(20)23-21(24)15-7-9-16(10-8-15)22(25)27-2/h3-14H,1-2H3. The van der Waals surface area contributed by atoms with Crippen LogP contribution < -0.4 is 4.74 Å². The Labute approximate surface area is 156 Å². The summed E-state index contributed by atoms with van der Waals surface area (Å²) in [5.74, 6) is 1.25. The van der Waals surface area contributed by atoms with Crippen molar-refractivity contribution in [2.45, 2.75) is 0 Å². The molecule has 0 amide bonds. The van der Waals surface area contributed by atoms with Crippen LogP contribution in [0.1, 0.15) is 10.4 Å². The second kappa shape index (κ2) is 6.96. The fourth-order valence-electron chi connectivity index (χ4n) is 3.09. The van der Waals surface area contributed by atoms with E-state index in [-0.39, 0.29) is 5.97 Å². The molecule has 1 heterocycles. The van der Waals surface area contributed by atoms with Crippen LogP contribution in [-0.4, -0.2) is 29.7 Å². The summed E-state index contributed by atoms with van der Waals surface area (Å²) < 4.78 is 12.1. The van der Waals surface area contributed by atoms with Gasteiger partial charge in [-0.3, -0.25) is 4.57 Å². The Morgan fingerprint density at radius 1 is 0.889 bits per heavy atom. The predicted molar refractivity (Wildman–Crippen MR) is 104 cm³/mol. The molecule has 0 unspecified atom stereocenters. The molecule has 0 aliphatic carbocycles. The Bertz CT molecular complexity index is 1100. The fraction of sp³-hybridized carbons (Fsp3) is 0.0909. The smallest absolute Gasteiger partial charge is 0.337 e. The maximum Gasteiger partial charge on any atom is 0.337 e. The van der Waals surface area contributed by atoms with Gasteiger partial charge in [-0.05, 0) is 48.5 Å². The first-order valence-electron chi connectivity index (χ1n) is 8.52. The first kappa shape index (κ1) is 16.8. The van der Waals surface area contributed by atoms with Gasteiger partial charge in [0, 0.05) is 11.3 Å². The van der Waals surface area contributed by atoms with Crippen molar-refractivity contribution in [2.75, 3.05) is 14.2 Å². The lowest BCUT2D eigenvalue weighted by atomic mass is 10.1. The zero-order valence-electron chi connectivity index (χ0n) is 15.0. The Morgan fingerprint density at radius 2 is 1.59 bits per heavy atom. The van der Waals surface area contributed by atoms with E-state index in [0.717, 1.165) is 33.9 Å². The number of para-hydroxylation sites is 2. The lowest BCUT2D eigenvalue weighted by Gasteiger charge is -2.11. The van der Waals surface area contributed by atoms with Gasteiger partial charge in [-0.15, -0.1) is 0 Å². The Kier molecular flexibility index (Phi) is 4.34. The third-order valence-corrected chi connectivity index (χ3v) is 4.46. The van der Waals surface area contributed by atoms with Crippen LogP contribution in [-0.2, 0) is 4.74 Å². The number of carbonyl (C=O) groups excluding carboxylic acids is 1. The first-order chi connectivity index (χ1) is 13.2. The molecule has 3 aromatic carbocycles. The molecule has 5 nitrogen and oxygen atoms in total. The molecule has 0 saturated carbocycles. The van der Waals surface area contributed by atoms with Gasteiger partial charge < -0.3 is 9.47 Å². The number of benzene rings is 3. The molecule has 0 aliphatic rings. The van der Waals surface area contributed by atoms with Crippen LogP contribution in [0.2, 0.25) is 0 Å². The van der Waals surface area contributed by atoms with Crippen molar-refractivity contribution in [2.24, 2.45) is 0 Å². The zero-order chi connectivity index (χ0) is 18.8. The number of rotatable bonds is 4. The number of carbonyl (C=O) groups is 1. The van der Waals surface area contributed by atoms with Crippen LogP contribution >= 0.6 is 0 Å². The van der Waals surface area contributed by atoms with E-state index in [0.29, 0.717) is 5.56 Å². The molecule has 0 bridgehead atoms. The highest BCUT2D eigenvalue weighted by Gasteiger charge is 2.15. The lowest BCUT2D eigenvalue weighted by Crippen LogP contribution is -2.01. The van der Waals surface area contributed by atoms with Crippen molar-refractivity contribution in [1.82, 2.24) is 9.55 Å². The van der Waals surface area contributed by atoms with Crippen LogP contribution in [0.15, 0.2) is 72.8 Å². The van der Waals surface area contributed by atoms with Gasteiger partial charge in [0.15, 0.2) is 0 Å². The highest BCUT2D eigenvalue weighted by atomic mass is 16.5. The number of ether oxygens (including phenoxy) is 2. The number of methoxy groups -OCH3 is 2. The highest BCUT2D eigenvalue weighted by Crippen LogP contribution is 2.29. The molecular formula is C22H18N2O3. The lowest BCUT2D eigenvalue weighted by molar-refractivity contribution is 0.0601. The van der Waals surface area contributed by atoms with Gasteiger partial charge in [-0.1, -0.05) is 24.3 Å². The molecule has 4 aromatic rings. The number of hydrogen-bond acceptors (Lipinski definition) is 4. The van der Waals surface area contributed by atoms with Crippen LogP contribution in [0.4, 0.5) is 0 Å². The highest BCUT2D eigenvalue weighted by molar-refractivity contribution is 5.90. The summed E-state index contributed by atoms with van der Waals surface area (Å²) in [6.07, 6.45) is 0. The van der Waals surface area contributed by atoms with Crippen molar-refractivity contribution >= 4 is 17.0 Å². The van der Waals surface area contributed by atoms with Crippen molar-refractivity contribution < 1.29 is 14.3 Å². The summed E-state index contributed by atoms with van der Waals surface area (Å²) in [6, 6.07) is 23.1. The summed E-state index contributed by atoms with van der Waals surface area (Å²) in [4.78, 5) is 16.5. The molecule has 0 aliphatic heterocycles. The third-order valence-electron chi connectivity index (χ3n) is 4.46. The van der Waals surface area contributed by atoms with Gasteiger partial charge in [0.2, 0.25) is 0 Å². The maximum atomic E-state index is 11.7. The van der Waals surface area contributed by atoms with Crippen LogP contribution in [0, 0.1) is 0 Å². The quantitative estimate of drug-likeness (QED) is 0.505. The Balaban J connectivity index is 1.88. The van der Waals surface area contributed by atoms with E-state index in [1.807, 2.05) is 60.7 Å². The first-order valence-corrected chi connectivity index (χ1v) is 8.52. The molecule has 1 aromatic heterocycles. The van der Waals surface area contributed by atoms with Gasteiger partial charge in [0.1, 0.15) is 11.6 Å². The SMILES string of the molecule is COC(=O)c1ccc(-c2nc3ccccc3n2-c2ccc(OC)cc2)cc1. The summed E-state index contributed by atoms with van der Waals surface area (Å²) in [7, 11) is 3.02. The van der Waals surface area contributed by atoms with Gasteiger partial charge >= 0.3 is 5.97 Å². The summed E-state index contributed by atoms with van der Waals surface area (Å²) in [5, 5.41) is 0. The number of aromatic nitrogens is 2. The number of fused-ring (bicyclic) bond motifs is 1. The molecule has 0 atom stereocenters. The van der Waals surface area contributed by atoms with Gasteiger partial charge in [-0.25, -0.2) is 9.78 Å². The van der Waals surface area contributed by atoms with E-state index in [1.54, 1.807) is 19.2 Å². The molecule has 0 radical (unpaired) electrons. The average Bonchev–Trinajstić information content (AvgIpc) is 3.13. The Hall–Kier alpha value is -3.60. The van der Waals surface area contributed by atoms with E-state index in [2.05, 4.69) is 4.57 Å². The van der Waals surface area contributed by atoms with Crippen molar-refractivity contribution in [3.63, 3.8) is 0 Å². The van der Waals surface area contributed by atoms with Gasteiger partial charge in [-0.2, -0.15) is 0 Å². The monoisotopic (exact) mass is 358 g/mol. The van der Waals surface area contributed by atoms with Crippen molar-refractivity contribution in [3.05, 3.63) is 78.4 Å². The minimum absolute atomic E-state index is 0.356. The number of hydrogen-bond donors (Lipinski definition) is 0. The Morgan fingerprint density at radius 3 is 2.26 bits per heavy atom. The van der Waals surface area contributed by atoms with Crippen LogP contribution in [0.25, 0.3) is 28.1 Å². The van der Waals surface area contributed by atoms with Crippen LogP contribution in [0.3, 0.4) is 0 Å². The van der Waals surface area contributed by atoms with Crippen molar-refractivity contribution in [1.29, 1.82) is 0 Å². The molecule has 0 fully saturated rings. The second-order valence-corrected chi connectivity index (χ2v) is 6.03. The topological polar surface area (TPSA) is 53.3 Å². The zero-order valence-corrected chi connectivity index (χ0v) is 15.0. The molecule has 134 valence electrons. The number of nitrogens with zero attached hydrogens (tertiary/aromatic N) is 2. The normalized spacial score (nSPS) is 10.7. The van der Waals surface area contributed by atoms with E-state index >= 15 is 0 Å². The van der Waals surface area contributed by atoms with E-state index in [4.69, 9.17) is 14.5 Å². The molecule has 0 N–H and O–H groups in total. The third kappa shape index (κ3) is 3.04. The molecule has 0 saturated heterocycles. The second-order valence-electron chi connectivity index (χ2n) is 6.03. The predicted octanol–water partition coefficient (Wildman–Crippen LogP) is 4.49. The molecule has 4 rings (SSSR count). The largest absolute Gasteiger partial charge is 0.497 e. The summed E-state index contributed by atoms with van der Waals surface area (Å²) >= 11 is 0. The van der Waals surface area contributed by atoms with E-state index in [1.165, 1.54) is 7.11 Å². The molecule has 5 heteroatoms. The molecule has 0 spiro atoms. The van der Waals surface area contributed by atoms with E-state index in [9.17, 15) is 4.79 Å². The number of imidazole rings is 1. The van der Waals surface area contributed by atoms with E-state index < -0.39 is 0 Å². The van der Waals surface area contributed by atoms with Crippen LogP contribution in [0.5, 0.6) is 5.75 Å². The van der Waals surface area contributed by atoms with Gasteiger partial charge in [0.25, 0.3) is 0 Å². The summed E-state index contributed by atoms with van der Waals surface area (Å²) in [6.45, 7) is 0. The fourth-order valence-corrected chi connectivity index (χ4v) is 3.09. The average molecular weight is 358 g/mol. The summed E-state index contributed by atoms with van der Waals surface area (Å²) in [5.41, 5.74) is 4.31. The number of esters is 1. The minimum Gasteiger partial charge on any atom is -0.497 e. The molecular weight excluding hydrogens is 340 g/mol. The molecule has 27 heavy (non-hydrogen) atoms. The van der Waals surface area contributed by atoms with Gasteiger partial charge in [0.05, 0.1) is 30.8 Å².